The summed E-state index contributed by atoms with van der Waals surface area (Å²) in [5, 5.41) is 6.38. The molecular weight excluding hydrogens is 250 g/mol. The Kier molecular flexibility index (Phi) is 2.39. The molecule has 1 aliphatic heterocycles. The monoisotopic (exact) mass is 275 g/mol. The first kappa shape index (κ1) is 12.7. The van der Waals surface area contributed by atoms with Gasteiger partial charge in [0, 0.05) is 5.54 Å². The van der Waals surface area contributed by atoms with Crippen LogP contribution in [0.3, 0.4) is 0 Å². The highest BCUT2D eigenvalue weighted by atomic mass is 16.2. The Morgan fingerprint density at radius 2 is 1.65 bits per heavy atom. The number of hydrogen-bond donors (Lipinski definition) is 2. The number of guanidine groups is 1. The van der Waals surface area contributed by atoms with Gasteiger partial charge in [-0.15, -0.1) is 0 Å². The molecule has 4 saturated carbocycles. The van der Waals surface area contributed by atoms with Crippen LogP contribution in [0.25, 0.3) is 0 Å². The molecule has 1 amide bonds. The van der Waals surface area contributed by atoms with E-state index in [1.807, 2.05) is 0 Å². The van der Waals surface area contributed by atoms with Crippen LogP contribution in [-0.4, -0.2) is 22.9 Å². The Morgan fingerprint density at radius 1 is 1.10 bits per heavy atom. The van der Waals surface area contributed by atoms with Gasteiger partial charge in [0.1, 0.15) is 5.54 Å². The van der Waals surface area contributed by atoms with E-state index in [1.54, 1.807) is 0 Å². The topological polar surface area (TPSA) is 53.5 Å². The minimum atomic E-state index is -0.430. The predicted octanol–water partition coefficient (Wildman–Crippen LogP) is 2.06. The highest BCUT2D eigenvalue weighted by Crippen LogP contribution is 2.60. The third-order valence-corrected chi connectivity index (χ3v) is 5.77. The van der Waals surface area contributed by atoms with Crippen LogP contribution >= 0.6 is 0 Å². The van der Waals surface area contributed by atoms with E-state index in [-0.39, 0.29) is 11.4 Å². The highest BCUT2D eigenvalue weighted by molar-refractivity contribution is 6.08. The lowest BCUT2D eigenvalue weighted by atomic mass is 9.48. The molecule has 110 valence electrons. The van der Waals surface area contributed by atoms with Crippen LogP contribution in [0, 0.1) is 23.7 Å². The van der Waals surface area contributed by atoms with Crippen LogP contribution in [0.5, 0.6) is 0 Å². The van der Waals surface area contributed by atoms with Crippen molar-refractivity contribution in [3.8, 4) is 0 Å². The van der Waals surface area contributed by atoms with Crippen molar-refractivity contribution in [3.05, 3.63) is 0 Å². The van der Waals surface area contributed by atoms with Gasteiger partial charge in [-0.25, -0.2) is 4.99 Å². The van der Waals surface area contributed by atoms with Crippen LogP contribution < -0.4 is 10.6 Å². The summed E-state index contributed by atoms with van der Waals surface area (Å²) < 4.78 is 0. The maximum Gasteiger partial charge on any atom is 0.255 e. The van der Waals surface area contributed by atoms with Gasteiger partial charge < -0.3 is 5.32 Å². The van der Waals surface area contributed by atoms with Crippen molar-refractivity contribution >= 4 is 11.9 Å². The van der Waals surface area contributed by atoms with Crippen molar-refractivity contribution in [2.75, 3.05) is 0 Å². The molecule has 20 heavy (non-hydrogen) atoms. The lowest BCUT2D eigenvalue weighted by Crippen LogP contribution is -2.61. The fourth-order valence-electron chi connectivity index (χ4n) is 5.34. The molecule has 4 aliphatic carbocycles. The van der Waals surface area contributed by atoms with Crippen LogP contribution in [0.2, 0.25) is 0 Å². The molecule has 0 radical (unpaired) electrons. The fourth-order valence-corrected chi connectivity index (χ4v) is 5.34. The van der Waals surface area contributed by atoms with Crippen molar-refractivity contribution in [1.29, 1.82) is 0 Å². The second kappa shape index (κ2) is 3.77. The van der Waals surface area contributed by atoms with Crippen LogP contribution in [0.15, 0.2) is 4.99 Å². The van der Waals surface area contributed by atoms with E-state index in [9.17, 15) is 4.79 Å². The summed E-state index contributed by atoms with van der Waals surface area (Å²) in [6, 6.07) is 0. The molecule has 1 heterocycles. The minimum absolute atomic E-state index is 0.0659. The summed E-state index contributed by atoms with van der Waals surface area (Å²) in [6.07, 6.45) is 6.26. The molecule has 2 N–H and O–H groups in total. The van der Waals surface area contributed by atoms with Gasteiger partial charge in [-0.05, 0) is 76.5 Å². The minimum Gasteiger partial charge on any atom is -0.351 e. The average molecular weight is 275 g/mol. The lowest BCUT2D eigenvalue weighted by Gasteiger charge is -2.57. The SMILES string of the molecule is CC(C)(C)NC1=NC2(C(=O)N1)C1CC3CC(C1)CC2C3. The standard InChI is InChI=1S/C16H25N3O/c1-15(2,3)18-14-17-13(20)16(19-14)11-5-9-4-10(7-11)8-12(16)6-9/h9-12H,4-8H2,1-3H3,(H2,17,18,19,20). The molecule has 0 aromatic rings. The second-order valence-corrected chi connectivity index (χ2v) is 8.42. The van der Waals surface area contributed by atoms with E-state index in [4.69, 9.17) is 4.99 Å². The maximum atomic E-state index is 12.7. The van der Waals surface area contributed by atoms with Gasteiger partial charge in [0.2, 0.25) is 0 Å². The molecule has 5 rings (SSSR count). The summed E-state index contributed by atoms with van der Waals surface area (Å²) in [4.78, 5) is 17.6. The third kappa shape index (κ3) is 1.66. The summed E-state index contributed by atoms with van der Waals surface area (Å²) in [6.45, 7) is 6.30. The molecule has 0 atom stereocenters. The zero-order chi connectivity index (χ0) is 14.1. The van der Waals surface area contributed by atoms with Gasteiger partial charge >= 0.3 is 0 Å². The van der Waals surface area contributed by atoms with Gasteiger partial charge in [-0.1, -0.05) is 0 Å². The second-order valence-electron chi connectivity index (χ2n) is 8.42. The highest BCUT2D eigenvalue weighted by Gasteiger charge is 2.63. The number of nitrogens with one attached hydrogen (secondary N) is 2. The summed E-state index contributed by atoms with van der Waals surface area (Å²) in [7, 11) is 0. The molecule has 4 fully saturated rings. The number of carbonyl (C=O) groups excluding carboxylic acids is 1. The number of amides is 1. The number of hydrogen-bond acceptors (Lipinski definition) is 3. The van der Waals surface area contributed by atoms with Gasteiger partial charge in [-0.3, -0.25) is 10.1 Å². The van der Waals surface area contributed by atoms with Crippen LogP contribution in [-0.2, 0) is 4.79 Å². The van der Waals surface area contributed by atoms with E-state index >= 15 is 0 Å². The molecule has 5 aliphatic rings. The van der Waals surface area contributed by atoms with E-state index in [0.717, 1.165) is 11.8 Å². The first-order valence-electron chi connectivity index (χ1n) is 8.06. The van der Waals surface area contributed by atoms with E-state index in [2.05, 4.69) is 31.4 Å². The van der Waals surface area contributed by atoms with Crippen molar-refractivity contribution in [1.82, 2.24) is 10.6 Å². The quantitative estimate of drug-likeness (QED) is 0.711. The van der Waals surface area contributed by atoms with Crippen molar-refractivity contribution < 1.29 is 4.79 Å². The maximum absolute atomic E-state index is 12.7. The van der Waals surface area contributed by atoms with E-state index < -0.39 is 5.54 Å². The van der Waals surface area contributed by atoms with Crippen LogP contribution in [0.1, 0.15) is 52.9 Å². The molecule has 0 aromatic heterocycles. The Bertz CT molecular complexity index is 460. The Balaban J connectivity index is 1.68. The largest absolute Gasteiger partial charge is 0.351 e. The normalized spacial score (nSPS) is 45.8. The molecule has 4 bridgehead atoms. The summed E-state index contributed by atoms with van der Waals surface area (Å²) in [5.74, 6) is 3.57. The fraction of sp³-hybridized carbons (Fsp3) is 0.875. The van der Waals surface area contributed by atoms with Crippen molar-refractivity contribution in [3.63, 3.8) is 0 Å². The molecule has 4 nitrogen and oxygen atoms in total. The summed E-state index contributed by atoms with van der Waals surface area (Å²) >= 11 is 0. The van der Waals surface area contributed by atoms with E-state index in [0.29, 0.717) is 17.8 Å². The Morgan fingerprint density at radius 3 is 2.15 bits per heavy atom. The van der Waals surface area contributed by atoms with Crippen molar-refractivity contribution in [2.45, 2.75) is 64.0 Å². The molecule has 0 unspecified atom stereocenters. The Hall–Kier alpha value is -1.06. The first-order valence-corrected chi connectivity index (χ1v) is 8.06. The molecule has 0 saturated heterocycles. The lowest BCUT2D eigenvalue weighted by molar-refractivity contribution is -0.138. The predicted molar refractivity (Wildman–Crippen MR) is 78.2 cm³/mol. The van der Waals surface area contributed by atoms with E-state index in [1.165, 1.54) is 32.1 Å². The zero-order valence-corrected chi connectivity index (χ0v) is 12.7. The average Bonchev–Trinajstić information content (AvgIpc) is 2.60. The molecule has 1 spiro atoms. The first-order chi connectivity index (χ1) is 9.37. The molecule has 0 aromatic carbocycles. The van der Waals surface area contributed by atoms with Gasteiger partial charge in [-0.2, -0.15) is 0 Å². The Labute approximate surface area is 120 Å². The molecular formula is C16H25N3O. The zero-order valence-electron chi connectivity index (χ0n) is 12.7. The number of nitrogens with zero attached hydrogens (tertiary/aromatic N) is 1. The summed E-state index contributed by atoms with van der Waals surface area (Å²) in [5.41, 5.74) is -0.495. The smallest absolute Gasteiger partial charge is 0.255 e. The number of aliphatic imine (C=N–C) groups is 1. The third-order valence-electron chi connectivity index (χ3n) is 5.77. The number of rotatable bonds is 0. The molecule has 4 heteroatoms. The van der Waals surface area contributed by atoms with Gasteiger partial charge in [0.25, 0.3) is 5.91 Å². The van der Waals surface area contributed by atoms with Gasteiger partial charge in [0.05, 0.1) is 0 Å². The van der Waals surface area contributed by atoms with Crippen molar-refractivity contribution in [2.24, 2.45) is 28.7 Å². The van der Waals surface area contributed by atoms with Crippen LogP contribution in [0.4, 0.5) is 0 Å². The number of carbonyl (C=O) groups is 1. The van der Waals surface area contributed by atoms with Gasteiger partial charge in [0.15, 0.2) is 5.96 Å².